The molecule has 1 aromatic rings. The van der Waals surface area contributed by atoms with Gasteiger partial charge in [-0.25, -0.2) is 9.97 Å². The van der Waals surface area contributed by atoms with Gasteiger partial charge in [-0.2, -0.15) is 0 Å². The molecule has 0 N–H and O–H groups in total. The molecule has 0 saturated heterocycles. The summed E-state index contributed by atoms with van der Waals surface area (Å²) in [6.07, 6.45) is 25.2. The van der Waals surface area contributed by atoms with Crippen molar-refractivity contribution in [1.29, 1.82) is 0 Å². The standard InChI is InChI=1S/C24H38N2/c1-3-5-19-7-9-20(10-8-19)11-12-21-13-15-23(16-14-21)24-25-17-22(6-4-2)18-26-24/h11-12,17-21,23H,3-10,13-16H2,1-2H3/b12-11+. The van der Waals surface area contributed by atoms with Gasteiger partial charge in [0.15, 0.2) is 0 Å². The molecule has 0 aliphatic heterocycles. The van der Waals surface area contributed by atoms with Crippen LogP contribution in [0.25, 0.3) is 0 Å². The van der Waals surface area contributed by atoms with Crippen molar-refractivity contribution in [2.45, 2.75) is 96.8 Å². The lowest BCUT2D eigenvalue weighted by molar-refractivity contribution is 0.292. The maximum Gasteiger partial charge on any atom is 0.131 e. The fourth-order valence-electron chi connectivity index (χ4n) is 4.96. The second-order valence-corrected chi connectivity index (χ2v) is 8.77. The summed E-state index contributed by atoms with van der Waals surface area (Å²) < 4.78 is 0. The Hall–Kier alpha value is -1.18. The number of allylic oxidation sites excluding steroid dienone is 2. The van der Waals surface area contributed by atoms with E-state index in [1.54, 1.807) is 0 Å². The molecule has 2 aliphatic carbocycles. The summed E-state index contributed by atoms with van der Waals surface area (Å²) in [6, 6.07) is 0. The Morgan fingerprint density at radius 3 is 1.92 bits per heavy atom. The molecular weight excluding hydrogens is 316 g/mol. The van der Waals surface area contributed by atoms with Crippen LogP contribution in [0.4, 0.5) is 0 Å². The number of rotatable bonds is 7. The predicted molar refractivity (Wildman–Crippen MR) is 110 cm³/mol. The minimum Gasteiger partial charge on any atom is -0.241 e. The van der Waals surface area contributed by atoms with Crippen LogP contribution in [0.2, 0.25) is 0 Å². The molecule has 2 aliphatic rings. The van der Waals surface area contributed by atoms with Gasteiger partial charge in [0.05, 0.1) is 0 Å². The van der Waals surface area contributed by atoms with Gasteiger partial charge in [-0.15, -0.1) is 0 Å². The number of nitrogens with zero attached hydrogens (tertiary/aromatic N) is 2. The van der Waals surface area contributed by atoms with Crippen molar-refractivity contribution in [3.05, 3.63) is 35.9 Å². The van der Waals surface area contributed by atoms with Crippen LogP contribution < -0.4 is 0 Å². The van der Waals surface area contributed by atoms with E-state index in [4.69, 9.17) is 0 Å². The summed E-state index contributed by atoms with van der Waals surface area (Å²) in [4.78, 5) is 9.32. The highest BCUT2D eigenvalue weighted by Gasteiger charge is 2.24. The van der Waals surface area contributed by atoms with Crippen LogP contribution in [0.1, 0.15) is 102 Å². The first kappa shape index (κ1) is 19.6. The van der Waals surface area contributed by atoms with Gasteiger partial charge in [-0.1, -0.05) is 45.3 Å². The van der Waals surface area contributed by atoms with E-state index in [1.165, 1.54) is 76.2 Å². The van der Waals surface area contributed by atoms with E-state index in [-0.39, 0.29) is 0 Å². The maximum absolute atomic E-state index is 4.66. The normalized spacial score (nSPS) is 29.9. The zero-order chi connectivity index (χ0) is 18.2. The molecule has 1 aromatic heterocycles. The first-order valence-electron chi connectivity index (χ1n) is 11.3. The van der Waals surface area contributed by atoms with E-state index in [0.29, 0.717) is 5.92 Å². The van der Waals surface area contributed by atoms with Gasteiger partial charge < -0.3 is 0 Å². The summed E-state index contributed by atoms with van der Waals surface area (Å²) in [5.74, 6) is 4.33. The monoisotopic (exact) mass is 354 g/mol. The molecule has 0 amide bonds. The van der Waals surface area contributed by atoms with Crippen LogP contribution in [0, 0.1) is 17.8 Å². The van der Waals surface area contributed by atoms with Gasteiger partial charge in [-0.05, 0) is 81.1 Å². The van der Waals surface area contributed by atoms with Crippen LogP contribution >= 0.6 is 0 Å². The lowest BCUT2D eigenvalue weighted by Crippen LogP contribution is -2.15. The third-order valence-electron chi connectivity index (χ3n) is 6.64. The molecule has 2 nitrogen and oxygen atoms in total. The molecule has 3 rings (SSSR count). The van der Waals surface area contributed by atoms with Gasteiger partial charge in [0.25, 0.3) is 0 Å². The summed E-state index contributed by atoms with van der Waals surface area (Å²) in [5.41, 5.74) is 1.28. The van der Waals surface area contributed by atoms with Crippen molar-refractivity contribution in [3.8, 4) is 0 Å². The quantitative estimate of drug-likeness (QED) is 0.499. The van der Waals surface area contributed by atoms with E-state index < -0.39 is 0 Å². The van der Waals surface area contributed by atoms with Crippen LogP contribution in [0.3, 0.4) is 0 Å². The highest BCUT2D eigenvalue weighted by atomic mass is 14.9. The highest BCUT2D eigenvalue weighted by Crippen LogP contribution is 2.36. The summed E-state index contributed by atoms with van der Waals surface area (Å²) >= 11 is 0. The third-order valence-corrected chi connectivity index (χ3v) is 6.64. The van der Waals surface area contributed by atoms with Gasteiger partial charge in [0, 0.05) is 18.3 Å². The average Bonchev–Trinajstić information content (AvgIpc) is 2.69. The predicted octanol–water partition coefficient (Wildman–Crippen LogP) is 6.87. The molecule has 2 fully saturated rings. The molecule has 0 bridgehead atoms. The molecule has 0 radical (unpaired) electrons. The molecule has 1 heterocycles. The molecule has 2 heteroatoms. The van der Waals surface area contributed by atoms with Crippen molar-refractivity contribution < 1.29 is 0 Å². The van der Waals surface area contributed by atoms with Crippen molar-refractivity contribution in [2.75, 3.05) is 0 Å². The molecule has 0 spiro atoms. The van der Waals surface area contributed by atoms with Crippen LogP contribution in [-0.4, -0.2) is 9.97 Å². The van der Waals surface area contributed by atoms with Crippen molar-refractivity contribution in [3.63, 3.8) is 0 Å². The number of aryl methyl sites for hydroxylation is 1. The Balaban J connectivity index is 1.41. The topological polar surface area (TPSA) is 25.8 Å². The Morgan fingerprint density at radius 1 is 0.808 bits per heavy atom. The Labute approximate surface area is 160 Å². The maximum atomic E-state index is 4.66. The lowest BCUT2D eigenvalue weighted by Gasteiger charge is -2.28. The number of aromatic nitrogens is 2. The fourth-order valence-corrected chi connectivity index (χ4v) is 4.96. The van der Waals surface area contributed by atoms with Crippen LogP contribution in [0.5, 0.6) is 0 Å². The van der Waals surface area contributed by atoms with Gasteiger partial charge >= 0.3 is 0 Å². The first-order chi connectivity index (χ1) is 12.8. The van der Waals surface area contributed by atoms with E-state index in [2.05, 4.69) is 36.0 Å². The van der Waals surface area contributed by atoms with Crippen molar-refractivity contribution in [2.24, 2.45) is 17.8 Å². The molecule has 144 valence electrons. The van der Waals surface area contributed by atoms with Gasteiger partial charge in [0.1, 0.15) is 5.82 Å². The first-order valence-corrected chi connectivity index (χ1v) is 11.3. The highest BCUT2D eigenvalue weighted by molar-refractivity contribution is 5.09. The van der Waals surface area contributed by atoms with Gasteiger partial charge in [-0.3, -0.25) is 0 Å². The molecule has 0 atom stereocenters. The molecular formula is C24H38N2. The largest absolute Gasteiger partial charge is 0.241 e. The number of hydrogen-bond donors (Lipinski definition) is 0. The molecule has 0 unspecified atom stereocenters. The SMILES string of the molecule is CCCc1cnc(C2CCC(/C=C/C3CCC(CCC)CC3)CC2)nc1. The summed E-state index contributed by atoms with van der Waals surface area (Å²) in [7, 11) is 0. The van der Waals surface area contributed by atoms with Crippen LogP contribution in [-0.2, 0) is 6.42 Å². The lowest BCUT2D eigenvalue weighted by atomic mass is 9.78. The zero-order valence-electron chi connectivity index (χ0n) is 17.0. The second kappa shape index (κ2) is 10.2. The molecule has 26 heavy (non-hydrogen) atoms. The van der Waals surface area contributed by atoms with E-state index >= 15 is 0 Å². The van der Waals surface area contributed by atoms with E-state index in [9.17, 15) is 0 Å². The zero-order valence-corrected chi connectivity index (χ0v) is 17.0. The fraction of sp³-hybridized carbons (Fsp3) is 0.750. The Bertz CT molecular complexity index is 532. The third kappa shape index (κ3) is 5.66. The summed E-state index contributed by atoms with van der Waals surface area (Å²) in [5, 5.41) is 0. The second-order valence-electron chi connectivity index (χ2n) is 8.77. The van der Waals surface area contributed by atoms with Gasteiger partial charge in [0.2, 0.25) is 0 Å². The molecule has 2 saturated carbocycles. The average molecular weight is 355 g/mol. The number of hydrogen-bond acceptors (Lipinski definition) is 2. The smallest absolute Gasteiger partial charge is 0.131 e. The minimum absolute atomic E-state index is 0.583. The van der Waals surface area contributed by atoms with Crippen molar-refractivity contribution >= 4 is 0 Å². The molecule has 0 aromatic carbocycles. The summed E-state index contributed by atoms with van der Waals surface area (Å²) in [6.45, 7) is 4.53. The van der Waals surface area contributed by atoms with E-state index in [1.807, 2.05) is 12.4 Å². The minimum atomic E-state index is 0.583. The van der Waals surface area contributed by atoms with E-state index in [0.717, 1.165) is 30.0 Å². The Kier molecular flexibility index (Phi) is 7.70. The van der Waals surface area contributed by atoms with Crippen molar-refractivity contribution in [1.82, 2.24) is 9.97 Å². The van der Waals surface area contributed by atoms with Crippen LogP contribution in [0.15, 0.2) is 24.5 Å². The Morgan fingerprint density at radius 2 is 1.38 bits per heavy atom.